The average Bonchev–Trinajstić information content (AvgIpc) is 2.19. The first-order valence-corrected chi connectivity index (χ1v) is 6.70. The third-order valence-electron chi connectivity index (χ3n) is 3.96. The summed E-state index contributed by atoms with van der Waals surface area (Å²) in [5.41, 5.74) is 0. The van der Waals surface area contributed by atoms with E-state index in [0.717, 1.165) is 6.42 Å². The van der Waals surface area contributed by atoms with Crippen molar-refractivity contribution in [3.63, 3.8) is 0 Å². The number of aliphatic hydroxyl groups is 1. The number of nitrogens with zero attached hydrogens (tertiary/aromatic N) is 1. The van der Waals surface area contributed by atoms with Crippen LogP contribution in [0.25, 0.3) is 0 Å². The molecule has 1 rings (SSSR count). The lowest BCUT2D eigenvalue weighted by Gasteiger charge is -2.39. The maximum atomic E-state index is 12.4. The summed E-state index contributed by atoms with van der Waals surface area (Å²) < 4.78 is 37.2. The molecule has 0 amide bonds. The summed E-state index contributed by atoms with van der Waals surface area (Å²) in [5.74, 6) is 0.707. The molecule has 0 spiro atoms. The Bertz CT molecular complexity index is 245. The molecule has 0 aliphatic heterocycles. The molecule has 1 aliphatic rings. The zero-order chi connectivity index (χ0) is 13.9. The third-order valence-corrected chi connectivity index (χ3v) is 3.96. The van der Waals surface area contributed by atoms with E-state index >= 15 is 0 Å². The van der Waals surface area contributed by atoms with Crippen LogP contribution >= 0.6 is 0 Å². The number of alkyl halides is 3. The highest BCUT2D eigenvalue weighted by Gasteiger charge is 2.36. The summed E-state index contributed by atoms with van der Waals surface area (Å²) in [5, 5.41) is 10.0. The minimum Gasteiger partial charge on any atom is -0.393 e. The molecule has 0 bridgehead atoms. The predicted octanol–water partition coefficient (Wildman–Crippen LogP) is 2.91. The van der Waals surface area contributed by atoms with Gasteiger partial charge in [-0.3, -0.25) is 4.90 Å². The molecule has 0 heterocycles. The first-order valence-electron chi connectivity index (χ1n) is 6.70. The summed E-state index contributed by atoms with van der Waals surface area (Å²) >= 11 is 0. The van der Waals surface area contributed by atoms with E-state index in [2.05, 4.69) is 6.92 Å². The van der Waals surface area contributed by atoms with E-state index in [4.69, 9.17) is 0 Å². The Morgan fingerprint density at radius 1 is 1.22 bits per heavy atom. The van der Waals surface area contributed by atoms with Gasteiger partial charge in [-0.1, -0.05) is 20.8 Å². The Kier molecular flexibility index (Phi) is 5.46. The minimum absolute atomic E-state index is 0.0384. The second-order valence-corrected chi connectivity index (χ2v) is 5.73. The van der Waals surface area contributed by atoms with E-state index in [9.17, 15) is 18.3 Å². The third kappa shape index (κ3) is 4.76. The zero-order valence-corrected chi connectivity index (χ0v) is 11.4. The topological polar surface area (TPSA) is 23.5 Å². The monoisotopic (exact) mass is 267 g/mol. The van der Waals surface area contributed by atoms with Gasteiger partial charge < -0.3 is 5.11 Å². The Labute approximate surface area is 107 Å². The molecule has 4 atom stereocenters. The summed E-state index contributed by atoms with van der Waals surface area (Å²) in [6.45, 7) is 5.67. The van der Waals surface area contributed by atoms with Gasteiger partial charge in [0.1, 0.15) is 0 Å². The first kappa shape index (κ1) is 15.8. The number of halogens is 3. The molecule has 108 valence electrons. The van der Waals surface area contributed by atoms with Crippen LogP contribution in [0.2, 0.25) is 0 Å². The Morgan fingerprint density at radius 3 is 2.28 bits per heavy atom. The molecule has 1 N–H and O–H groups in total. The lowest BCUT2D eigenvalue weighted by molar-refractivity contribution is -0.149. The van der Waals surface area contributed by atoms with Gasteiger partial charge in [0.05, 0.1) is 12.6 Å². The zero-order valence-electron chi connectivity index (χ0n) is 11.4. The molecular weight excluding hydrogens is 243 g/mol. The van der Waals surface area contributed by atoms with Gasteiger partial charge in [0, 0.05) is 12.5 Å². The highest BCUT2D eigenvalue weighted by molar-refractivity contribution is 4.85. The molecule has 1 aliphatic carbocycles. The molecule has 0 aromatic rings. The first-order chi connectivity index (χ1) is 8.23. The normalized spacial score (nSPS) is 34.0. The number of rotatable bonds is 4. The van der Waals surface area contributed by atoms with E-state index in [1.54, 1.807) is 6.92 Å². The van der Waals surface area contributed by atoms with Gasteiger partial charge in [-0.2, -0.15) is 13.2 Å². The second kappa shape index (κ2) is 6.24. The number of aliphatic hydroxyl groups excluding tert-OH is 1. The average molecular weight is 267 g/mol. The Balaban J connectivity index is 2.58. The molecule has 0 aromatic carbocycles. The summed E-state index contributed by atoms with van der Waals surface area (Å²) in [7, 11) is 0. The van der Waals surface area contributed by atoms with E-state index in [-0.39, 0.29) is 11.8 Å². The Hall–Kier alpha value is -0.290. The maximum absolute atomic E-state index is 12.4. The van der Waals surface area contributed by atoms with Gasteiger partial charge in [0.2, 0.25) is 0 Å². The molecule has 1 saturated carbocycles. The highest BCUT2D eigenvalue weighted by Crippen LogP contribution is 2.34. The van der Waals surface area contributed by atoms with Crippen molar-refractivity contribution in [1.29, 1.82) is 0 Å². The molecule has 0 saturated heterocycles. The van der Waals surface area contributed by atoms with Gasteiger partial charge >= 0.3 is 6.18 Å². The summed E-state index contributed by atoms with van der Waals surface area (Å²) in [4.78, 5) is 1.39. The maximum Gasteiger partial charge on any atom is 0.401 e. The van der Waals surface area contributed by atoms with Crippen molar-refractivity contribution in [2.75, 3.05) is 19.6 Å². The molecule has 18 heavy (non-hydrogen) atoms. The lowest BCUT2D eigenvalue weighted by atomic mass is 9.73. The van der Waals surface area contributed by atoms with Gasteiger partial charge in [-0.15, -0.1) is 0 Å². The van der Waals surface area contributed by atoms with Crippen molar-refractivity contribution in [3.8, 4) is 0 Å². The number of hydrogen-bond donors (Lipinski definition) is 1. The van der Waals surface area contributed by atoms with Crippen LogP contribution in [0, 0.1) is 17.8 Å². The predicted molar refractivity (Wildman–Crippen MR) is 65.2 cm³/mol. The van der Waals surface area contributed by atoms with Crippen molar-refractivity contribution in [3.05, 3.63) is 0 Å². The van der Waals surface area contributed by atoms with Crippen molar-refractivity contribution in [1.82, 2.24) is 4.90 Å². The van der Waals surface area contributed by atoms with Crippen molar-refractivity contribution in [2.45, 2.75) is 45.9 Å². The van der Waals surface area contributed by atoms with E-state index in [0.29, 0.717) is 25.4 Å². The van der Waals surface area contributed by atoms with Gasteiger partial charge in [0.25, 0.3) is 0 Å². The number of hydrogen-bond acceptors (Lipinski definition) is 2. The minimum atomic E-state index is -4.16. The van der Waals surface area contributed by atoms with Gasteiger partial charge in [0.15, 0.2) is 0 Å². The second-order valence-electron chi connectivity index (χ2n) is 5.73. The van der Waals surface area contributed by atoms with Crippen LogP contribution in [-0.2, 0) is 0 Å². The molecule has 2 nitrogen and oxygen atoms in total. The fraction of sp³-hybridized carbons (Fsp3) is 1.00. The van der Waals surface area contributed by atoms with Crippen LogP contribution < -0.4 is 0 Å². The molecule has 5 heteroatoms. The summed E-state index contributed by atoms with van der Waals surface area (Å²) in [6.07, 6.45) is -2.93. The smallest absolute Gasteiger partial charge is 0.393 e. The SMILES string of the molecule is CCN(CC1C(C)CC(C)CC1O)CC(F)(F)F. The molecule has 1 fully saturated rings. The van der Waals surface area contributed by atoms with Crippen molar-refractivity contribution < 1.29 is 18.3 Å². The fourth-order valence-electron chi connectivity index (χ4n) is 3.03. The van der Waals surface area contributed by atoms with E-state index in [1.165, 1.54) is 4.90 Å². The van der Waals surface area contributed by atoms with Crippen LogP contribution in [0.3, 0.4) is 0 Å². The quantitative estimate of drug-likeness (QED) is 0.846. The molecule has 0 radical (unpaired) electrons. The largest absolute Gasteiger partial charge is 0.401 e. The van der Waals surface area contributed by atoms with Crippen molar-refractivity contribution >= 4 is 0 Å². The van der Waals surface area contributed by atoms with Gasteiger partial charge in [-0.05, 0) is 31.2 Å². The van der Waals surface area contributed by atoms with Crippen LogP contribution in [0.15, 0.2) is 0 Å². The van der Waals surface area contributed by atoms with Crippen LogP contribution in [0.4, 0.5) is 13.2 Å². The molecular formula is C13H24F3NO. The van der Waals surface area contributed by atoms with Crippen LogP contribution in [0.1, 0.15) is 33.6 Å². The molecule has 0 aromatic heterocycles. The lowest BCUT2D eigenvalue weighted by Crippen LogP contribution is -2.45. The Morgan fingerprint density at radius 2 is 1.83 bits per heavy atom. The highest BCUT2D eigenvalue weighted by atomic mass is 19.4. The molecule has 4 unspecified atom stereocenters. The van der Waals surface area contributed by atoms with Crippen LogP contribution in [-0.4, -0.2) is 41.9 Å². The van der Waals surface area contributed by atoms with Crippen molar-refractivity contribution in [2.24, 2.45) is 17.8 Å². The summed E-state index contributed by atoms with van der Waals surface area (Å²) in [6, 6.07) is 0. The van der Waals surface area contributed by atoms with Crippen LogP contribution in [0.5, 0.6) is 0 Å². The van der Waals surface area contributed by atoms with E-state index in [1.807, 2.05) is 6.92 Å². The van der Waals surface area contributed by atoms with Gasteiger partial charge in [-0.25, -0.2) is 0 Å². The fourth-order valence-corrected chi connectivity index (χ4v) is 3.03. The van der Waals surface area contributed by atoms with E-state index < -0.39 is 18.8 Å². The standard InChI is InChI=1S/C13H24F3NO/c1-4-17(8-13(14,15)16)7-11-10(3)5-9(2)6-12(11)18/h9-12,18H,4-8H2,1-3H3.